The molecular formula is C10H13FN2O6. The maximum absolute atomic E-state index is 14.1. The van der Waals surface area contributed by atoms with Crippen molar-refractivity contribution in [1.82, 2.24) is 9.55 Å². The number of aromatic amines is 1. The molecule has 8 nitrogen and oxygen atoms in total. The summed E-state index contributed by atoms with van der Waals surface area (Å²) < 4.78 is 19.3. The van der Waals surface area contributed by atoms with Gasteiger partial charge in [0.25, 0.3) is 11.4 Å². The van der Waals surface area contributed by atoms with Crippen molar-refractivity contribution in [2.45, 2.75) is 37.3 Å². The molecular weight excluding hydrogens is 263 g/mol. The van der Waals surface area contributed by atoms with Crippen molar-refractivity contribution < 1.29 is 24.4 Å². The molecule has 1 aliphatic heterocycles. The Morgan fingerprint density at radius 2 is 2.21 bits per heavy atom. The second-order valence-electron chi connectivity index (χ2n) is 4.36. The maximum Gasteiger partial charge on any atom is 0.330 e. The molecule has 1 aromatic rings. The summed E-state index contributed by atoms with van der Waals surface area (Å²) >= 11 is 0. The van der Waals surface area contributed by atoms with Crippen LogP contribution in [-0.4, -0.2) is 49.0 Å². The highest BCUT2D eigenvalue weighted by Gasteiger charge is 2.59. The molecule has 19 heavy (non-hydrogen) atoms. The second kappa shape index (κ2) is 4.53. The van der Waals surface area contributed by atoms with Gasteiger partial charge in [-0.05, 0) is 6.92 Å². The molecule has 0 saturated carbocycles. The smallest absolute Gasteiger partial charge is 0.330 e. The normalized spacial score (nSPS) is 36.4. The van der Waals surface area contributed by atoms with Crippen LogP contribution in [0.5, 0.6) is 0 Å². The van der Waals surface area contributed by atoms with Crippen LogP contribution in [0.15, 0.2) is 21.9 Å². The minimum absolute atomic E-state index is 0.297. The minimum Gasteiger partial charge on any atom is -0.391 e. The van der Waals surface area contributed by atoms with E-state index >= 15 is 0 Å². The number of hydrogen-bond acceptors (Lipinski definition) is 6. The first-order valence-corrected chi connectivity index (χ1v) is 5.50. The number of aliphatic hydroxyl groups excluding tert-OH is 2. The van der Waals surface area contributed by atoms with Gasteiger partial charge in [-0.1, -0.05) is 0 Å². The first kappa shape index (κ1) is 13.9. The van der Waals surface area contributed by atoms with Crippen molar-refractivity contribution in [2.24, 2.45) is 0 Å². The van der Waals surface area contributed by atoms with Crippen LogP contribution in [0.3, 0.4) is 0 Å². The number of alkyl halides is 1. The maximum atomic E-state index is 14.1. The number of nitrogens with zero attached hydrogens (tertiary/aromatic N) is 1. The van der Waals surface area contributed by atoms with E-state index in [2.05, 4.69) is 4.98 Å². The molecule has 1 saturated heterocycles. The standard InChI is InChI=1S/C10H13FN2O6/c1-4(14)6-7(16)10(11,18)8(19-6)13-5(15)2-3-12-9(13)17/h2-4,6-8,14,16,18H,1H3,(H,12,17)/t4?,6-,7-,8-,10+/m0/s1. The summed E-state index contributed by atoms with van der Waals surface area (Å²) in [7, 11) is 0. The van der Waals surface area contributed by atoms with Gasteiger partial charge in [-0.3, -0.25) is 4.79 Å². The summed E-state index contributed by atoms with van der Waals surface area (Å²) in [6.45, 7) is 1.21. The van der Waals surface area contributed by atoms with Crippen molar-refractivity contribution in [3.8, 4) is 0 Å². The molecule has 1 aliphatic rings. The molecule has 1 unspecified atom stereocenters. The zero-order chi connectivity index (χ0) is 14.4. The first-order chi connectivity index (χ1) is 8.76. The third-order valence-electron chi connectivity index (χ3n) is 2.96. The molecule has 0 radical (unpaired) electrons. The Morgan fingerprint density at radius 3 is 2.68 bits per heavy atom. The number of nitrogens with one attached hydrogen (secondary N) is 1. The van der Waals surface area contributed by atoms with Gasteiger partial charge in [0.15, 0.2) is 0 Å². The van der Waals surface area contributed by atoms with Crippen LogP contribution in [0.4, 0.5) is 4.39 Å². The lowest BCUT2D eigenvalue weighted by Gasteiger charge is -2.22. The largest absolute Gasteiger partial charge is 0.391 e. The van der Waals surface area contributed by atoms with Gasteiger partial charge >= 0.3 is 5.69 Å². The van der Waals surface area contributed by atoms with E-state index in [-0.39, 0.29) is 0 Å². The highest BCUT2D eigenvalue weighted by Crippen LogP contribution is 2.39. The topological polar surface area (TPSA) is 125 Å². The van der Waals surface area contributed by atoms with Crippen LogP contribution < -0.4 is 11.2 Å². The number of aromatic nitrogens is 2. The molecule has 0 aromatic carbocycles. The summed E-state index contributed by atoms with van der Waals surface area (Å²) in [6, 6.07) is 0.933. The summed E-state index contributed by atoms with van der Waals surface area (Å²) in [5.41, 5.74) is -1.92. The Bertz CT molecular complexity index is 552. The van der Waals surface area contributed by atoms with Gasteiger partial charge in [0, 0.05) is 12.3 Å². The molecule has 2 rings (SSSR count). The Hall–Kier alpha value is -1.55. The van der Waals surface area contributed by atoms with Gasteiger partial charge in [0.1, 0.15) is 12.2 Å². The quantitative estimate of drug-likeness (QED) is 0.487. The summed E-state index contributed by atoms with van der Waals surface area (Å²) in [5.74, 6) is -3.38. The highest BCUT2D eigenvalue weighted by molar-refractivity contribution is 4.99. The van der Waals surface area contributed by atoms with E-state index in [0.29, 0.717) is 4.57 Å². The van der Waals surface area contributed by atoms with Crippen LogP contribution in [-0.2, 0) is 4.74 Å². The molecule has 5 atom stereocenters. The van der Waals surface area contributed by atoms with E-state index in [1.165, 1.54) is 6.92 Å². The third-order valence-corrected chi connectivity index (χ3v) is 2.96. The highest BCUT2D eigenvalue weighted by atomic mass is 19.2. The first-order valence-electron chi connectivity index (χ1n) is 5.50. The average molecular weight is 276 g/mol. The SMILES string of the molecule is CC(O)[C@@H]1O[C@H](n2c(=O)cc[nH]c2=O)[C@@](O)(F)[C@H]1O. The number of halogens is 1. The Morgan fingerprint density at radius 1 is 1.58 bits per heavy atom. The van der Waals surface area contributed by atoms with Crippen LogP contribution in [0.25, 0.3) is 0 Å². The van der Waals surface area contributed by atoms with Crippen molar-refractivity contribution in [3.63, 3.8) is 0 Å². The van der Waals surface area contributed by atoms with E-state index in [9.17, 15) is 29.3 Å². The van der Waals surface area contributed by atoms with Crippen LogP contribution >= 0.6 is 0 Å². The number of H-pyrrole nitrogens is 1. The van der Waals surface area contributed by atoms with Crippen molar-refractivity contribution >= 4 is 0 Å². The van der Waals surface area contributed by atoms with Crippen molar-refractivity contribution in [1.29, 1.82) is 0 Å². The lowest BCUT2D eigenvalue weighted by Crippen LogP contribution is -2.48. The van der Waals surface area contributed by atoms with Gasteiger partial charge < -0.3 is 25.0 Å². The fourth-order valence-corrected chi connectivity index (χ4v) is 1.97. The molecule has 0 spiro atoms. The number of aliphatic hydroxyl groups is 3. The van der Waals surface area contributed by atoms with E-state index in [0.717, 1.165) is 12.3 Å². The van der Waals surface area contributed by atoms with Gasteiger partial charge in [-0.15, -0.1) is 0 Å². The molecule has 1 fully saturated rings. The minimum atomic E-state index is -3.38. The van der Waals surface area contributed by atoms with Gasteiger partial charge in [-0.2, -0.15) is 0 Å². The van der Waals surface area contributed by atoms with Crippen molar-refractivity contribution in [3.05, 3.63) is 33.1 Å². The molecule has 4 N–H and O–H groups in total. The lowest BCUT2D eigenvalue weighted by molar-refractivity contribution is -0.197. The molecule has 0 amide bonds. The average Bonchev–Trinajstić information content (AvgIpc) is 2.52. The number of ether oxygens (including phenoxy) is 1. The zero-order valence-corrected chi connectivity index (χ0v) is 9.86. The van der Waals surface area contributed by atoms with Crippen LogP contribution in [0.1, 0.15) is 13.2 Å². The molecule has 0 aliphatic carbocycles. The summed E-state index contributed by atoms with van der Waals surface area (Å²) in [4.78, 5) is 25.2. The molecule has 2 heterocycles. The predicted octanol–water partition coefficient (Wildman–Crippen LogP) is -2.17. The number of rotatable bonds is 2. The molecule has 1 aromatic heterocycles. The van der Waals surface area contributed by atoms with Gasteiger partial charge in [0.2, 0.25) is 6.23 Å². The Kier molecular flexibility index (Phi) is 3.31. The van der Waals surface area contributed by atoms with Gasteiger partial charge in [0.05, 0.1) is 6.10 Å². The molecule has 106 valence electrons. The summed E-state index contributed by atoms with van der Waals surface area (Å²) in [5, 5.41) is 28.5. The Balaban J connectivity index is 2.52. The zero-order valence-electron chi connectivity index (χ0n) is 9.86. The molecule has 9 heteroatoms. The van der Waals surface area contributed by atoms with Crippen LogP contribution in [0.2, 0.25) is 0 Å². The third kappa shape index (κ3) is 2.10. The fraction of sp³-hybridized carbons (Fsp3) is 0.600. The van der Waals surface area contributed by atoms with Crippen molar-refractivity contribution in [2.75, 3.05) is 0 Å². The number of hydrogen-bond donors (Lipinski definition) is 4. The lowest BCUT2D eigenvalue weighted by atomic mass is 10.0. The second-order valence-corrected chi connectivity index (χ2v) is 4.36. The van der Waals surface area contributed by atoms with E-state index < -0.39 is 41.6 Å². The predicted molar refractivity (Wildman–Crippen MR) is 59.0 cm³/mol. The molecule has 0 bridgehead atoms. The van der Waals surface area contributed by atoms with E-state index in [1.807, 2.05) is 0 Å². The van der Waals surface area contributed by atoms with E-state index in [1.54, 1.807) is 0 Å². The van der Waals surface area contributed by atoms with E-state index in [4.69, 9.17) is 4.74 Å². The van der Waals surface area contributed by atoms with Crippen LogP contribution in [0, 0.1) is 0 Å². The monoisotopic (exact) mass is 276 g/mol. The van der Waals surface area contributed by atoms with Gasteiger partial charge in [-0.25, -0.2) is 13.8 Å². The Labute approximate surface area is 105 Å². The summed E-state index contributed by atoms with van der Waals surface area (Å²) in [6.07, 6.45) is -5.86. The fourth-order valence-electron chi connectivity index (χ4n) is 1.97.